The summed E-state index contributed by atoms with van der Waals surface area (Å²) in [6.45, 7) is 0. The average Bonchev–Trinajstić information content (AvgIpc) is 2.69. The number of rotatable bonds is 6. The fourth-order valence-corrected chi connectivity index (χ4v) is 6.36. The van der Waals surface area contributed by atoms with E-state index in [1.165, 1.54) is 32.6 Å². The molecule has 0 atom stereocenters. The van der Waals surface area contributed by atoms with E-state index in [9.17, 15) is 0 Å². The normalized spacial score (nSPS) is 10.8. The largest absolute Gasteiger partial charge is 0.378 e. The van der Waals surface area contributed by atoms with Crippen molar-refractivity contribution in [1.29, 1.82) is 0 Å². The number of hydrogen-bond acceptors (Lipinski definition) is 3. The highest BCUT2D eigenvalue weighted by molar-refractivity contribution is 6.95. The van der Waals surface area contributed by atoms with Crippen LogP contribution in [0.1, 0.15) is 0 Å². The predicted octanol–water partition coefficient (Wildman–Crippen LogP) is 2.13. The van der Waals surface area contributed by atoms with Gasteiger partial charge in [-0.15, -0.1) is 0 Å². The lowest BCUT2D eigenvalue weighted by atomic mass is 10.3. The van der Waals surface area contributed by atoms with E-state index in [1.807, 2.05) is 0 Å². The maximum Gasteiger partial charge on any atom is 0.132 e. The molecule has 0 aliphatic heterocycles. The minimum atomic E-state index is -1.52. The smallest absolute Gasteiger partial charge is 0.132 e. The van der Waals surface area contributed by atoms with Crippen molar-refractivity contribution < 1.29 is 0 Å². The molecule has 0 spiro atoms. The van der Waals surface area contributed by atoms with Gasteiger partial charge in [-0.1, -0.05) is 52.0 Å². The Bertz CT molecular complexity index is 760. The van der Waals surface area contributed by atoms with E-state index >= 15 is 0 Å². The Morgan fingerprint density at radius 2 is 0.607 bits per heavy atom. The second kappa shape index (κ2) is 8.53. The summed E-state index contributed by atoms with van der Waals surface area (Å²) in [4.78, 5) is 6.45. The molecule has 4 heteroatoms. The molecule has 0 N–H and O–H groups in total. The Labute approximate surface area is 171 Å². The Kier molecular flexibility index (Phi) is 6.10. The molecule has 146 valence electrons. The summed E-state index contributed by atoms with van der Waals surface area (Å²) in [7, 11) is 11.0. The van der Waals surface area contributed by atoms with Crippen molar-refractivity contribution >= 4 is 41.4 Å². The predicted molar refractivity (Wildman–Crippen MR) is 128 cm³/mol. The topological polar surface area (TPSA) is 9.72 Å². The molecular weight excluding hydrogens is 358 g/mol. The lowest BCUT2D eigenvalue weighted by Gasteiger charge is -2.21. The monoisotopic (exact) mass is 389 g/mol. The molecule has 3 rings (SSSR count). The fourth-order valence-electron chi connectivity index (χ4n) is 3.47. The zero-order valence-electron chi connectivity index (χ0n) is 17.8. The van der Waals surface area contributed by atoms with E-state index in [2.05, 4.69) is 130 Å². The molecule has 0 aliphatic rings. The van der Waals surface area contributed by atoms with Crippen molar-refractivity contribution in [3.05, 3.63) is 72.8 Å². The van der Waals surface area contributed by atoms with E-state index in [0.29, 0.717) is 0 Å². The second-order valence-electron chi connectivity index (χ2n) is 7.89. The van der Waals surface area contributed by atoms with Crippen LogP contribution >= 0.6 is 0 Å². The Morgan fingerprint density at radius 1 is 0.393 bits per heavy atom. The molecule has 0 aliphatic carbocycles. The molecule has 0 heterocycles. The van der Waals surface area contributed by atoms with Crippen LogP contribution < -0.4 is 30.3 Å². The Hall–Kier alpha value is -2.72. The van der Waals surface area contributed by atoms with Crippen LogP contribution in [0.2, 0.25) is 0 Å². The van der Waals surface area contributed by atoms with Crippen LogP contribution in [0.3, 0.4) is 0 Å². The minimum absolute atomic E-state index is 1.24. The molecule has 0 fully saturated rings. The van der Waals surface area contributed by atoms with Crippen molar-refractivity contribution in [3.8, 4) is 0 Å². The molecule has 3 nitrogen and oxygen atoms in total. The van der Waals surface area contributed by atoms with Gasteiger partial charge < -0.3 is 14.7 Å². The SMILES string of the molecule is CN(C)c1ccc([SiH](c2ccc(N(C)C)cc2)c2ccc(N(C)C)cc2)cc1. The lowest BCUT2D eigenvalue weighted by molar-refractivity contribution is 1.13. The van der Waals surface area contributed by atoms with E-state index in [0.717, 1.165) is 0 Å². The third-order valence-corrected chi connectivity index (χ3v) is 8.38. The molecule has 0 saturated carbocycles. The quantitative estimate of drug-likeness (QED) is 0.472. The van der Waals surface area contributed by atoms with Gasteiger partial charge in [0.15, 0.2) is 0 Å². The molecule has 28 heavy (non-hydrogen) atoms. The number of benzene rings is 3. The van der Waals surface area contributed by atoms with Crippen LogP contribution in [0.15, 0.2) is 72.8 Å². The van der Waals surface area contributed by atoms with Crippen LogP contribution in [0.25, 0.3) is 0 Å². The van der Waals surface area contributed by atoms with Crippen LogP contribution in [-0.4, -0.2) is 51.1 Å². The third-order valence-electron chi connectivity index (χ3n) is 5.23. The van der Waals surface area contributed by atoms with Crippen molar-refractivity contribution in [2.75, 3.05) is 57.0 Å². The standard InChI is InChI=1S/C24H31N3Si/c1-25(2)19-7-13-22(14-8-19)28(23-15-9-20(10-16-23)26(3)4)24-17-11-21(12-18-24)27(5)6/h7-18,28H,1-6H3. The number of anilines is 3. The van der Waals surface area contributed by atoms with Gasteiger partial charge in [0.05, 0.1) is 0 Å². The molecule has 0 aromatic heterocycles. The summed E-state index contributed by atoms with van der Waals surface area (Å²) in [5.74, 6) is 0. The van der Waals surface area contributed by atoms with Crippen molar-refractivity contribution in [3.63, 3.8) is 0 Å². The van der Waals surface area contributed by atoms with Gasteiger partial charge in [0, 0.05) is 59.3 Å². The highest BCUT2D eigenvalue weighted by Gasteiger charge is 2.19. The van der Waals surface area contributed by atoms with Crippen molar-refractivity contribution in [2.24, 2.45) is 0 Å². The highest BCUT2D eigenvalue weighted by Crippen LogP contribution is 2.12. The van der Waals surface area contributed by atoms with E-state index < -0.39 is 8.80 Å². The zero-order valence-corrected chi connectivity index (χ0v) is 19.0. The van der Waals surface area contributed by atoms with Crippen molar-refractivity contribution in [1.82, 2.24) is 0 Å². The number of nitrogens with zero attached hydrogens (tertiary/aromatic N) is 3. The summed E-state index contributed by atoms with van der Waals surface area (Å²) in [6, 6.07) is 27.3. The summed E-state index contributed by atoms with van der Waals surface area (Å²) < 4.78 is 0. The van der Waals surface area contributed by atoms with Crippen LogP contribution in [0.4, 0.5) is 17.1 Å². The van der Waals surface area contributed by atoms with Crippen LogP contribution in [0, 0.1) is 0 Å². The zero-order chi connectivity index (χ0) is 20.3. The summed E-state index contributed by atoms with van der Waals surface area (Å²) >= 11 is 0. The third kappa shape index (κ3) is 4.39. The molecule has 0 amide bonds. The maximum absolute atomic E-state index is 2.31. The minimum Gasteiger partial charge on any atom is -0.378 e. The molecule has 0 bridgehead atoms. The molecule has 0 saturated heterocycles. The first-order valence-corrected chi connectivity index (χ1v) is 11.4. The number of hydrogen-bond donors (Lipinski definition) is 0. The first-order chi connectivity index (χ1) is 13.4. The van der Waals surface area contributed by atoms with Gasteiger partial charge in [-0.25, -0.2) is 0 Å². The Balaban J connectivity index is 2.04. The van der Waals surface area contributed by atoms with Gasteiger partial charge >= 0.3 is 0 Å². The first kappa shape index (κ1) is 20.0. The van der Waals surface area contributed by atoms with Crippen molar-refractivity contribution in [2.45, 2.75) is 0 Å². The lowest BCUT2D eigenvalue weighted by Crippen LogP contribution is -2.52. The molecule has 3 aromatic carbocycles. The Morgan fingerprint density at radius 3 is 0.786 bits per heavy atom. The van der Waals surface area contributed by atoms with Crippen LogP contribution in [-0.2, 0) is 0 Å². The van der Waals surface area contributed by atoms with Gasteiger partial charge in [-0.3, -0.25) is 0 Å². The second-order valence-corrected chi connectivity index (χ2v) is 10.8. The van der Waals surface area contributed by atoms with E-state index in [1.54, 1.807) is 0 Å². The van der Waals surface area contributed by atoms with E-state index in [4.69, 9.17) is 0 Å². The summed E-state index contributed by atoms with van der Waals surface area (Å²) in [5, 5.41) is 4.34. The van der Waals surface area contributed by atoms with Gasteiger partial charge in [0.1, 0.15) is 8.80 Å². The summed E-state index contributed by atoms with van der Waals surface area (Å²) in [5.41, 5.74) is 3.72. The molecular formula is C24H31N3Si. The summed E-state index contributed by atoms with van der Waals surface area (Å²) in [6.07, 6.45) is 0. The van der Waals surface area contributed by atoms with Gasteiger partial charge in [-0.05, 0) is 36.4 Å². The maximum atomic E-state index is 2.31. The molecule has 0 unspecified atom stereocenters. The van der Waals surface area contributed by atoms with Gasteiger partial charge in [0.2, 0.25) is 0 Å². The fraction of sp³-hybridized carbons (Fsp3) is 0.250. The highest BCUT2D eigenvalue weighted by atomic mass is 28.3. The molecule has 3 aromatic rings. The molecule has 0 radical (unpaired) electrons. The first-order valence-electron chi connectivity index (χ1n) is 9.68. The van der Waals surface area contributed by atoms with Gasteiger partial charge in [-0.2, -0.15) is 0 Å². The van der Waals surface area contributed by atoms with E-state index in [-0.39, 0.29) is 0 Å². The van der Waals surface area contributed by atoms with Gasteiger partial charge in [0.25, 0.3) is 0 Å². The van der Waals surface area contributed by atoms with Crippen LogP contribution in [0.5, 0.6) is 0 Å². The average molecular weight is 390 g/mol.